The molecule has 1 aliphatic carbocycles. The minimum Gasteiger partial charge on any atom is -0.465 e. The predicted octanol–water partition coefficient (Wildman–Crippen LogP) is 4.89. The summed E-state index contributed by atoms with van der Waals surface area (Å²) in [5.74, 6) is -1.20. The van der Waals surface area contributed by atoms with E-state index in [1.807, 2.05) is 36.4 Å². The molecule has 0 amide bonds. The summed E-state index contributed by atoms with van der Waals surface area (Å²) in [6.45, 7) is 3.76. The molecule has 1 atom stereocenters. The Morgan fingerprint density at radius 2 is 1.66 bits per heavy atom. The number of fused-ring (bicyclic) bond motifs is 3. The van der Waals surface area contributed by atoms with Crippen molar-refractivity contribution in [2.24, 2.45) is 5.41 Å². The van der Waals surface area contributed by atoms with Crippen LogP contribution in [0.2, 0.25) is 5.02 Å². The maximum absolute atomic E-state index is 13.2. The molecule has 0 N–H and O–H groups in total. The van der Waals surface area contributed by atoms with Crippen molar-refractivity contribution in [1.82, 2.24) is 0 Å². The Kier molecular flexibility index (Phi) is 5.09. The van der Waals surface area contributed by atoms with Gasteiger partial charge in [-0.05, 0) is 37.6 Å². The largest absolute Gasteiger partial charge is 0.465 e. The molecule has 1 aromatic heterocycles. The maximum Gasteiger partial charge on any atom is 0.324 e. The van der Waals surface area contributed by atoms with Gasteiger partial charge in [-0.15, -0.1) is 0 Å². The fourth-order valence-electron chi connectivity index (χ4n) is 4.26. The van der Waals surface area contributed by atoms with Crippen LogP contribution in [0.1, 0.15) is 36.7 Å². The third-order valence-electron chi connectivity index (χ3n) is 5.41. The zero-order chi connectivity index (χ0) is 20.6. The second-order valence-corrected chi connectivity index (χ2v) is 7.45. The molecular weight excluding hydrogens is 392 g/mol. The van der Waals surface area contributed by atoms with Crippen molar-refractivity contribution < 1.29 is 23.5 Å². The summed E-state index contributed by atoms with van der Waals surface area (Å²) in [5.41, 5.74) is 0.778. The van der Waals surface area contributed by atoms with E-state index >= 15 is 0 Å². The van der Waals surface area contributed by atoms with Gasteiger partial charge >= 0.3 is 11.9 Å². The van der Waals surface area contributed by atoms with E-state index in [1.54, 1.807) is 26.0 Å². The minimum atomic E-state index is -1.54. The average Bonchev–Trinajstić information content (AvgIpc) is 3.23. The Bertz CT molecular complexity index is 1050. The van der Waals surface area contributed by atoms with Crippen LogP contribution in [0, 0.1) is 5.41 Å². The highest BCUT2D eigenvalue weighted by atomic mass is 35.5. The highest BCUT2D eigenvalue weighted by Gasteiger charge is 2.62. The summed E-state index contributed by atoms with van der Waals surface area (Å²) in [5, 5.41) is 1.44. The van der Waals surface area contributed by atoms with Gasteiger partial charge in [-0.2, -0.15) is 0 Å². The van der Waals surface area contributed by atoms with E-state index in [1.165, 1.54) is 0 Å². The van der Waals surface area contributed by atoms with Crippen molar-refractivity contribution in [3.8, 4) is 0 Å². The van der Waals surface area contributed by atoms with Gasteiger partial charge in [0.2, 0.25) is 0 Å². The van der Waals surface area contributed by atoms with Crippen molar-refractivity contribution in [1.29, 1.82) is 0 Å². The van der Waals surface area contributed by atoms with Gasteiger partial charge in [-0.1, -0.05) is 41.9 Å². The average molecular weight is 413 g/mol. The minimum absolute atomic E-state index is 0.0853. The van der Waals surface area contributed by atoms with E-state index in [0.29, 0.717) is 10.8 Å². The van der Waals surface area contributed by atoms with Crippen LogP contribution in [0.5, 0.6) is 0 Å². The topological polar surface area (TPSA) is 65.7 Å². The fraction of sp³-hybridized carbons (Fsp3) is 0.304. The molecular formula is C23H21ClO5. The van der Waals surface area contributed by atoms with Crippen molar-refractivity contribution in [2.45, 2.75) is 26.2 Å². The number of hydrogen-bond donors (Lipinski definition) is 0. The van der Waals surface area contributed by atoms with E-state index in [4.69, 9.17) is 25.5 Å². The highest BCUT2D eigenvalue weighted by Crippen LogP contribution is 2.55. The monoisotopic (exact) mass is 412 g/mol. The van der Waals surface area contributed by atoms with Gasteiger partial charge in [0, 0.05) is 28.3 Å². The lowest BCUT2D eigenvalue weighted by atomic mass is 9.72. The molecule has 0 saturated heterocycles. The third kappa shape index (κ3) is 3.01. The van der Waals surface area contributed by atoms with Crippen molar-refractivity contribution in [3.05, 3.63) is 70.4 Å². The van der Waals surface area contributed by atoms with E-state index in [2.05, 4.69) is 0 Å². The molecule has 150 valence electrons. The molecule has 4 rings (SSSR count). The lowest BCUT2D eigenvalue weighted by Crippen LogP contribution is -2.46. The number of benzene rings is 2. The molecule has 6 heteroatoms. The number of ether oxygens (including phenoxy) is 2. The highest BCUT2D eigenvalue weighted by molar-refractivity contribution is 6.30. The molecule has 0 saturated carbocycles. The van der Waals surface area contributed by atoms with E-state index in [-0.39, 0.29) is 19.6 Å². The van der Waals surface area contributed by atoms with Crippen molar-refractivity contribution >= 4 is 34.5 Å². The first kappa shape index (κ1) is 19.5. The third-order valence-corrected chi connectivity index (χ3v) is 5.67. The molecule has 29 heavy (non-hydrogen) atoms. The summed E-state index contributed by atoms with van der Waals surface area (Å²) in [6, 6.07) is 14.8. The molecule has 0 spiro atoms. The molecule has 0 fully saturated rings. The second-order valence-electron chi connectivity index (χ2n) is 7.01. The summed E-state index contributed by atoms with van der Waals surface area (Å²) < 4.78 is 16.8. The Labute approximate surface area is 173 Å². The molecule has 5 nitrogen and oxygen atoms in total. The standard InChI is InChI=1S/C23H21ClO5/c1-3-27-21(25)23(22(26)28-4-2)13-18-19(16-7-5-6-8-17(16)29-18)20(23)14-9-11-15(24)12-10-14/h5-12,20H,3-4,13H2,1-2H3. The molecule has 3 aromatic rings. The molecule has 1 heterocycles. The number of esters is 2. The smallest absolute Gasteiger partial charge is 0.324 e. The molecule has 1 unspecified atom stereocenters. The lowest BCUT2D eigenvalue weighted by molar-refractivity contribution is -0.172. The zero-order valence-electron chi connectivity index (χ0n) is 16.2. The number of furan rings is 1. The molecule has 2 aromatic carbocycles. The Morgan fingerprint density at radius 1 is 1.03 bits per heavy atom. The second kappa shape index (κ2) is 7.56. The quantitative estimate of drug-likeness (QED) is 0.441. The molecule has 1 aliphatic rings. The summed E-state index contributed by atoms with van der Waals surface area (Å²) >= 11 is 6.09. The van der Waals surface area contributed by atoms with E-state index in [0.717, 1.165) is 22.1 Å². The van der Waals surface area contributed by atoms with E-state index < -0.39 is 23.3 Å². The number of hydrogen-bond acceptors (Lipinski definition) is 5. The molecule has 0 bridgehead atoms. The van der Waals surface area contributed by atoms with Gasteiger partial charge in [-0.25, -0.2) is 0 Å². The van der Waals surface area contributed by atoms with Crippen LogP contribution in [0.15, 0.2) is 52.9 Å². The Balaban J connectivity index is 1.99. The maximum atomic E-state index is 13.2. The zero-order valence-corrected chi connectivity index (χ0v) is 17.0. The summed E-state index contributed by atoms with van der Waals surface area (Å²) in [7, 11) is 0. The first-order chi connectivity index (χ1) is 14.0. The van der Waals surface area contributed by atoms with Crippen LogP contribution in [0.3, 0.4) is 0 Å². The number of carbonyl (C=O) groups is 2. The van der Waals surface area contributed by atoms with Crippen molar-refractivity contribution in [3.63, 3.8) is 0 Å². The van der Waals surface area contributed by atoms with Gasteiger partial charge in [0.1, 0.15) is 11.3 Å². The van der Waals surface area contributed by atoms with Crippen LogP contribution in [0.4, 0.5) is 0 Å². The number of para-hydroxylation sites is 1. The lowest BCUT2D eigenvalue weighted by Gasteiger charge is -2.31. The van der Waals surface area contributed by atoms with Crippen molar-refractivity contribution in [2.75, 3.05) is 13.2 Å². The van der Waals surface area contributed by atoms with E-state index in [9.17, 15) is 9.59 Å². The van der Waals surface area contributed by atoms with Gasteiger partial charge in [0.05, 0.1) is 13.2 Å². The van der Waals surface area contributed by atoms with Crippen LogP contribution < -0.4 is 0 Å². The first-order valence-electron chi connectivity index (χ1n) is 9.63. The van der Waals surface area contributed by atoms with Gasteiger partial charge < -0.3 is 13.9 Å². The number of rotatable bonds is 5. The molecule has 0 radical (unpaired) electrons. The van der Waals surface area contributed by atoms with Gasteiger partial charge in [-0.3, -0.25) is 9.59 Å². The summed E-state index contributed by atoms with van der Waals surface area (Å²) in [6.07, 6.45) is 0.0853. The van der Waals surface area contributed by atoms with Crippen LogP contribution >= 0.6 is 11.6 Å². The number of halogens is 1. The van der Waals surface area contributed by atoms with Crippen LogP contribution in [-0.4, -0.2) is 25.2 Å². The Hall–Kier alpha value is -2.79. The first-order valence-corrected chi connectivity index (χ1v) is 10.0. The normalized spacial score (nSPS) is 17.1. The van der Waals surface area contributed by atoms with Gasteiger partial charge in [0.15, 0.2) is 5.41 Å². The number of carbonyl (C=O) groups excluding carboxylic acids is 2. The summed E-state index contributed by atoms with van der Waals surface area (Å²) in [4.78, 5) is 26.5. The van der Waals surface area contributed by atoms with Crippen LogP contribution in [-0.2, 0) is 25.5 Å². The Morgan fingerprint density at radius 3 is 2.28 bits per heavy atom. The van der Waals surface area contributed by atoms with Gasteiger partial charge in [0.25, 0.3) is 0 Å². The SMILES string of the molecule is CCOC(=O)C1(C(=O)OCC)Cc2oc3ccccc3c2C1c1ccc(Cl)cc1. The predicted molar refractivity (Wildman–Crippen MR) is 109 cm³/mol. The fourth-order valence-corrected chi connectivity index (χ4v) is 4.38. The van der Waals surface area contributed by atoms with Crippen LogP contribution in [0.25, 0.3) is 11.0 Å². The molecule has 0 aliphatic heterocycles.